The summed E-state index contributed by atoms with van der Waals surface area (Å²) in [6.07, 6.45) is 0. The molecule has 0 fully saturated rings. The molecule has 0 aromatic heterocycles. The molecule has 0 bridgehead atoms. The number of sulfonamides is 1. The van der Waals surface area contributed by atoms with Gasteiger partial charge in [0.2, 0.25) is 15.8 Å². The molecule has 0 spiro atoms. The highest BCUT2D eigenvalue weighted by atomic mass is 35.5. The van der Waals surface area contributed by atoms with Crippen LogP contribution in [0.2, 0.25) is 5.02 Å². The zero-order valence-electron chi connectivity index (χ0n) is 12.3. The molecular formula is C14H16ClNO5S. The van der Waals surface area contributed by atoms with Crippen molar-refractivity contribution in [1.82, 2.24) is 4.31 Å². The first kappa shape index (κ1) is 16.6. The number of hydrogen-bond acceptors (Lipinski definition) is 5. The van der Waals surface area contributed by atoms with Gasteiger partial charge < -0.3 is 9.84 Å². The van der Waals surface area contributed by atoms with E-state index in [1.165, 1.54) is 27.0 Å². The number of aliphatic hydroxyl groups excluding tert-OH is 1. The van der Waals surface area contributed by atoms with Crippen molar-refractivity contribution >= 4 is 27.4 Å². The van der Waals surface area contributed by atoms with Crippen molar-refractivity contribution in [3.63, 3.8) is 0 Å². The third kappa shape index (κ3) is 2.55. The second-order valence-corrected chi connectivity index (χ2v) is 7.72. The summed E-state index contributed by atoms with van der Waals surface area (Å²) in [5.74, 6) is -2.01. The predicted molar refractivity (Wildman–Crippen MR) is 81.8 cm³/mol. The fourth-order valence-corrected chi connectivity index (χ4v) is 3.07. The molecule has 1 N–H and O–H groups in total. The van der Waals surface area contributed by atoms with E-state index in [0.717, 1.165) is 4.31 Å². The van der Waals surface area contributed by atoms with Crippen molar-refractivity contribution in [3.05, 3.63) is 46.5 Å². The number of aliphatic hydroxyl groups is 1. The molecule has 1 aliphatic heterocycles. The summed E-state index contributed by atoms with van der Waals surface area (Å²) in [7, 11) is -2.44. The molecule has 0 saturated heterocycles. The number of carbonyl (C=O) groups excluding carboxylic acids is 1. The highest BCUT2D eigenvalue weighted by Crippen LogP contribution is 2.39. The van der Waals surface area contributed by atoms with Crippen LogP contribution in [0.1, 0.15) is 19.4 Å². The molecule has 1 aliphatic rings. The maximum atomic E-state index is 12.4. The van der Waals surface area contributed by atoms with Crippen LogP contribution in [0.15, 0.2) is 35.9 Å². The summed E-state index contributed by atoms with van der Waals surface area (Å²) >= 11 is 5.91. The number of ketones is 1. The molecule has 1 aromatic carbocycles. The SMILES string of the molecule is CCS(=O)(=O)N(C)C1=C(O)C(=O)C(C)(c2cccc(Cl)c2)O1. The van der Waals surface area contributed by atoms with Gasteiger partial charge in [-0.15, -0.1) is 0 Å². The summed E-state index contributed by atoms with van der Waals surface area (Å²) in [5.41, 5.74) is -1.10. The average Bonchev–Trinajstić information content (AvgIpc) is 2.72. The Bertz CT molecular complexity index is 758. The number of carbonyl (C=O) groups is 1. The van der Waals surface area contributed by atoms with Crippen LogP contribution in [-0.4, -0.2) is 36.4 Å². The van der Waals surface area contributed by atoms with Gasteiger partial charge in [-0.1, -0.05) is 23.7 Å². The number of nitrogens with zero attached hydrogens (tertiary/aromatic N) is 1. The number of benzene rings is 1. The van der Waals surface area contributed by atoms with E-state index in [4.69, 9.17) is 16.3 Å². The van der Waals surface area contributed by atoms with Crippen LogP contribution in [0, 0.1) is 0 Å². The van der Waals surface area contributed by atoms with Crippen LogP contribution in [0.5, 0.6) is 0 Å². The normalized spacial score (nSPS) is 21.9. The molecule has 0 saturated carbocycles. The first-order valence-corrected chi connectivity index (χ1v) is 8.52. The fraction of sp³-hybridized carbons (Fsp3) is 0.357. The molecule has 8 heteroatoms. The molecule has 2 rings (SSSR count). The maximum absolute atomic E-state index is 12.4. The van der Waals surface area contributed by atoms with Gasteiger partial charge in [-0.05, 0) is 26.0 Å². The highest BCUT2D eigenvalue weighted by Gasteiger charge is 2.50. The van der Waals surface area contributed by atoms with Gasteiger partial charge in [0.1, 0.15) is 0 Å². The van der Waals surface area contributed by atoms with Crippen molar-refractivity contribution in [1.29, 1.82) is 0 Å². The van der Waals surface area contributed by atoms with Crippen LogP contribution in [0.25, 0.3) is 0 Å². The molecule has 22 heavy (non-hydrogen) atoms. The van der Waals surface area contributed by atoms with Gasteiger partial charge in [-0.2, -0.15) is 0 Å². The van der Waals surface area contributed by atoms with Crippen LogP contribution in [-0.2, 0) is 25.2 Å². The van der Waals surface area contributed by atoms with Crippen molar-refractivity contribution in [2.75, 3.05) is 12.8 Å². The van der Waals surface area contributed by atoms with Crippen LogP contribution in [0.4, 0.5) is 0 Å². The smallest absolute Gasteiger partial charge is 0.251 e. The van der Waals surface area contributed by atoms with E-state index in [2.05, 4.69) is 0 Å². The quantitative estimate of drug-likeness (QED) is 0.904. The monoisotopic (exact) mass is 345 g/mol. The molecule has 1 heterocycles. The second kappa shape index (κ2) is 5.48. The third-order valence-electron chi connectivity index (χ3n) is 3.60. The summed E-state index contributed by atoms with van der Waals surface area (Å²) in [4.78, 5) is 12.4. The minimum absolute atomic E-state index is 0.189. The summed E-state index contributed by atoms with van der Waals surface area (Å²) in [6, 6.07) is 6.43. The predicted octanol–water partition coefficient (Wildman–Crippen LogP) is 2.16. The number of halogens is 1. The lowest BCUT2D eigenvalue weighted by molar-refractivity contribution is -0.132. The molecule has 0 radical (unpaired) electrons. The zero-order valence-corrected chi connectivity index (χ0v) is 13.9. The molecule has 6 nitrogen and oxygen atoms in total. The molecule has 1 unspecified atom stereocenters. The van der Waals surface area contributed by atoms with E-state index in [9.17, 15) is 18.3 Å². The Morgan fingerprint density at radius 2 is 2.05 bits per heavy atom. The van der Waals surface area contributed by atoms with Gasteiger partial charge in [0.05, 0.1) is 5.75 Å². The largest absolute Gasteiger partial charge is 0.501 e. The van der Waals surface area contributed by atoms with Crippen molar-refractivity contribution in [3.8, 4) is 0 Å². The van der Waals surface area contributed by atoms with E-state index in [-0.39, 0.29) is 11.6 Å². The Hall–Kier alpha value is -1.73. The summed E-state index contributed by atoms with van der Waals surface area (Å²) in [5, 5.41) is 10.4. The fourth-order valence-electron chi connectivity index (χ4n) is 2.12. The van der Waals surface area contributed by atoms with Crippen LogP contribution < -0.4 is 0 Å². The topological polar surface area (TPSA) is 83.9 Å². The molecule has 0 amide bonds. The van der Waals surface area contributed by atoms with Crippen molar-refractivity contribution < 1.29 is 23.1 Å². The lowest BCUT2D eigenvalue weighted by Gasteiger charge is -2.26. The standard InChI is InChI=1S/C14H16ClNO5S/c1-4-22(19,20)16(3)13-11(17)12(18)14(2,21-13)9-6-5-7-10(15)8-9/h5-8,17H,4H2,1-3H3. The number of Topliss-reactive ketones (excluding diaryl/α,β-unsaturated/α-hetero) is 1. The van der Waals surface area contributed by atoms with E-state index in [1.54, 1.807) is 18.2 Å². The van der Waals surface area contributed by atoms with Crippen LogP contribution >= 0.6 is 11.6 Å². The minimum Gasteiger partial charge on any atom is -0.501 e. The summed E-state index contributed by atoms with van der Waals surface area (Å²) < 4.78 is 30.1. The number of rotatable bonds is 4. The van der Waals surface area contributed by atoms with Crippen molar-refractivity contribution in [2.45, 2.75) is 19.4 Å². The molecule has 1 aromatic rings. The van der Waals surface area contributed by atoms with E-state index >= 15 is 0 Å². The lowest BCUT2D eigenvalue weighted by Crippen LogP contribution is -2.33. The zero-order chi connectivity index (χ0) is 16.7. The third-order valence-corrected chi connectivity index (χ3v) is 5.56. The Balaban J connectivity index is 2.46. The van der Waals surface area contributed by atoms with Gasteiger partial charge in [0.25, 0.3) is 11.7 Å². The van der Waals surface area contributed by atoms with E-state index in [0.29, 0.717) is 10.6 Å². The van der Waals surface area contributed by atoms with Gasteiger partial charge in [-0.25, -0.2) is 12.7 Å². The van der Waals surface area contributed by atoms with Gasteiger partial charge in [0, 0.05) is 17.6 Å². The average molecular weight is 346 g/mol. The van der Waals surface area contributed by atoms with E-state index in [1.807, 2.05) is 0 Å². The Morgan fingerprint density at radius 3 is 2.59 bits per heavy atom. The molecular weight excluding hydrogens is 330 g/mol. The first-order chi connectivity index (χ1) is 10.1. The number of hydrogen-bond donors (Lipinski definition) is 1. The Kier molecular flexibility index (Phi) is 4.14. The summed E-state index contributed by atoms with van der Waals surface area (Å²) in [6.45, 7) is 2.91. The minimum atomic E-state index is -3.67. The molecule has 1 atom stereocenters. The molecule has 120 valence electrons. The Morgan fingerprint density at radius 1 is 1.41 bits per heavy atom. The van der Waals surface area contributed by atoms with Gasteiger partial charge in [0.15, 0.2) is 5.60 Å². The highest BCUT2D eigenvalue weighted by molar-refractivity contribution is 7.89. The molecule has 0 aliphatic carbocycles. The first-order valence-electron chi connectivity index (χ1n) is 6.53. The van der Waals surface area contributed by atoms with E-state index < -0.39 is 27.2 Å². The second-order valence-electron chi connectivity index (χ2n) is 5.00. The van der Waals surface area contributed by atoms with Crippen molar-refractivity contribution in [2.24, 2.45) is 0 Å². The Labute approximate surface area is 134 Å². The number of ether oxygens (including phenoxy) is 1. The lowest BCUT2D eigenvalue weighted by atomic mass is 9.92. The van der Waals surface area contributed by atoms with Gasteiger partial charge in [-0.3, -0.25) is 4.79 Å². The van der Waals surface area contributed by atoms with Gasteiger partial charge >= 0.3 is 0 Å². The van der Waals surface area contributed by atoms with Crippen LogP contribution in [0.3, 0.4) is 0 Å². The maximum Gasteiger partial charge on any atom is 0.251 e.